The number of hydrogen-bond acceptors (Lipinski definition) is 5. The van der Waals surface area contributed by atoms with E-state index in [0.29, 0.717) is 11.4 Å². The Balaban J connectivity index is 1.40. The normalized spacial score (nSPS) is 15.7. The van der Waals surface area contributed by atoms with E-state index in [1.165, 1.54) is 17.3 Å². The molecule has 1 unspecified atom stereocenters. The van der Waals surface area contributed by atoms with Gasteiger partial charge in [0.25, 0.3) is 0 Å². The standard InChI is InChI=1S/C25H29N3O3S/c1-17-10-12-20(13-11-17)31-23-9-5-4-8-22(23)27-24(29)16-32-25-26-18(2)19(3)28(25)15-21-7-6-14-30-21/h4-5,8-13,21H,6-7,14-16H2,1-3H3,(H,27,29). The van der Waals surface area contributed by atoms with Crippen molar-refractivity contribution < 1.29 is 14.3 Å². The first-order valence-electron chi connectivity index (χ1n) is 10.9. The van der Waals surface area contributed by atoms with Crippen LogP contribution in [0.3, 0.4) is 0 Å². The maximum atomic E-state index is 12.7. The topological polar surface area (TPSA) is 65.4 Å². The second-order valence-corrected chi connectivity index (χ2v) is 9.00. The lowest BCUT2D eigenvalue weighted by Crippen LogP contribution is -2.18. The number of nitrogens with one attached hydrogen (secondary N) is 1. The Hall–Kier alpha value is -2.77. The van der Waals surface area contributed by atoms with E-state index in [1.54, 1.807) is 0 Å². The lowest BCUT2D eigenvalue weighted by Gasteiger charge is -2.15. The van der Waals surface area contributed by atoms with Crippen molar-refractivity contribution in [3.05, 3.63) is 65.5 Å². The van der Waals surface area contributed by atoms with Gasteiger partial charge in [-0.25, -0.2) is 4.98 Å². The largest absolute Gasteiger partial charge is 0.455 e. The monoisotopic (exact) mass is 451 g/mol. The van der Waals surface area contributed by atoms with Gasteiger partial charge in [-0.15, -0.1) is 0 Å². The minimum absolute atomic E-state index is 0.100. The minimum atomic E-state index is -0.100. The zero-order chi connectivity index (χ0) is 22.5. The van der Waals surface area contributed by atoms with Crippen molar-refractivity contribution in [3.63, 3.8) is 0 Å². The average Bonchev–Trinajstić information content (AvgIpc) is 3.39. The molecule has 1 aliphatic rings. The number of para-hydroxylation sites is 2. The molecule has 1 fully saturated rings. The minimum Gasteiger partial charge on any atom is -0.455 e. The number of imidazole rings is 1. The van der Waals surface area contributed by atoms with E-state index in [2.05, 4.69) is 21.8 Å². The fourth-order valence-corrected chi connectivity index (χ4v) is 4.55. The van der Waals surface area contributed by atoms with Crippen LogP contribution in [0.5, 0.6) is 11.5 Å². The zero-order valence-electron chi connectivity index (χ0n) is 18.8. The summed E-state index contributed by atoms with van der Waals surface area (Å²) in [6.07, 6.45) is 2.40. The van der Waals surface area contributed by atoms with Crippen LogP contribution >= 0.6 is 11.8 Å². The molecule has 4 rings (SSSR count). The van der Waals surface area contributed by atoms with Gasteiger partial charge in [-0.3, -0.25) is 4.79 Å². The SMILES string of the molecule is Cc1ccc(Oc2ccccc2NC(=O)CSc2nc(C)c(C)n2CC2CCCO2)cc1. The number of aryl methyl sites for hydroxylation is 2. The Morgan fingerprint density at radius 3 is 2.72 bits per heavy atom. The molecule has 2 heterocycles. The van der Waals surface area contributed by atoms with E-state index in [0.717, 1.165) is 48.3 Å². The van der Waals surface area contributed by atoms with Crippen LogP contribution in [0.2, 0.25) is 0 Å². The third-order valence-electron chi connectivity index (χ3n) is 5.58. The molecule has 2 aromatic carbocycles. The van der Waals surface area contributed by atoms with Crippen molar-refractivity contribution in [2.45, 2.75) is 51.4 Å². The van der Waals surface area contributed by atoms with E-state index >= 15 is 0 Å². The summed E-state index contributed by atoms with van der Waals surface area (Å²) in [7, 11) is 0. The van der Waals surface area contributed by atoms with Crippen molar-refractivity contribution in [2.24, 2.45) is 0 Å². The molecule has 3 aromatic rings. The summed E-state index contributed by atoms with van der Waals surface area (Å²) < 4.78 is 14.0. The highest BCUT2D eigenvalue weighted by molar-refractivity contribution is 7.99. The molecule has 1 aromatic heterocycles. The van der Waals surface area contributed by atoms with E-state index in [4.69, 9.17) is 9.47 Å². The van der Waals surface area contributed by atoms with Crippen LogP contribution in [0.4, 0.5) is 5.69 Å². The number of thioether (sulfide) groups is 1. The first-order valence-corrected chi connectivity index (χ1v) is 11.9. The predicted molar refractivity (Wildman–Crippen MR) is 128 cm³/mol. The first kappa shape index (κ1) is 22.4. The molecule has 0 saturated carbocycles. The van der Waals surface area contributed by atoms with E-state index < -0.39 is 0 Å². The molecule has 0 bridgehead atoms. The molecule has 0 aliphatic carbocycles. The Bertz CT molecular complexity index is 1070. The number of rotatable bonds is 8. The van der Waals surface area contributed by atoms with Gasteiger partial charge in [-0.05, 0) is 57.9 Å². The number of benzene rings is 2. The fraction of sp³-hybridized carbons (Fsp3) is 0.360. The number of hydrogen-bond donors (Lipinski definition) is 1. The molecular weight excluding hydrogens is 422 g/mol. The molecule has 1 N–H and O–H groups in total. The number of carbonyl (C=O) groups is 1. The molecule has 1 saturated heterocycles. The highest BCUT2D eigenvalue weighted by Crippen LogP contribution is 2.30. The molecule has 1 aliphatic heterocycles. The first-order chi connectivity index (χ1) is 15.5. The maximum absolute atomic E-state index is 12.7. The predicted octanol–water partition coefficient (Wildman–Crippen LogP) is 5.51. The van der Waals surface area contributed by atoms with Crippen LogP contribution < -0.4 is 10.1 Å². The van der Waals surface area contributed by atoms with Crippen LogP contribution in [0, 0.1) is 20.8 Å². The number of nitrogens with zero attached hydrogens (tertiary/aromatic N) is 2. The maximum Gasteiger partial charge on any atom is 0.234 e. The fourth-order valence-electron chi connectivity index (χ4n) is 3.65. The third kappa shape index (κ3) is 5.53. The van der Waals surface area contributed by atoms with Gasteiger partial charge in [-0.1, -0.05) is 41.6 Å². The van der Waals surface area contributed by atoms with Gasteiger partial charge in [0.05, 0.1) is 29.8 Å². The number of aromatic nitrogens is 2. The van der Waals surface area contributed by atoms with Crippen molar-refractivity contribution in [3.8, 4) is 11.5 Å². The Morgan fingerprint density at radius 2 is 1.97 bits per heavy atom. The summed E-state index contributed by atoms with van der Waals surface area (Å²) in [5, 5.41) is 3.84. The molecule has 168 valence electrons. The third-order valence-corrected chi connectivity index (χ3v) is 6.55. The van der Waals surface area contributed by atoms with Crippen molar-refractivity contribution in [1.82, 2.24) is 9.55 Å². The van der Waals surface area contributed by atoms with Crippen LogP contribution in [0.15, 0.2) is 53.7 Å². The van der Waals surface area contributed by atoms with Gasteiger partial charge in [0.2, 0.25) is 5.91 Å². The number of ether oxygens (including phenoxy) is 2. The van der Waals surface area contributed by atoms with E-state index in [1.807, 2.05) is 62.4 Å². The number of amides is 1. The summed E-state index contributed by atoms with van der Waals surface area (Å²) in [5.74, 6) is 1.51. The summed E-state index contributed by atoms with van der Waals surface area (Å²) >= 11 is 1.45. The van der Waals surface area contributed by atoms with Gasteiger partial charge >= 0.3 is 0 Å². The smallest absolute Gasteiger partial charge is 0.234 e. The molecular formula is C25H29N3O3S. The Morgan fingerprint density at radius 1 is 1.19 bits per heavy atom. The summed E-state index contributed by atoms with van der Waals surface area (Å²) in [5.41, 5.74) is 3.93. The van der Waals surface area contributed by atoms with Crippen molar-refractivity contribution in [2.75, 3.05) is 17.7 Å². The van der Waals surface area contributed by atoms with Gasteiger partial charge < -0.3 is 19.4 Å². The van der Waals surface area contributed by atoms with Crippen LogP contribution in [-0.4, -0.2) is 33.9 Å². The average molecular weight is 452 g/mol. The molecule has 6 nitrogen and oxygen atoms in total. The zero-order valence-corrected chi connectivity index (χ0v) is 19.6. The highest BCUT2D eigenvalue weighted by atomic mass is 32.2. The van der Waals surface area contributed by atoms with E-state index in [9.17, 15) is 4.79 Å². The Kier molecular flexibility index (Phi) is 7.17. The molecule has 1 atom stereocenters. The molecule has 32 heavy (non-hydrogen) atoms. The highest BCUT2D eigenvalue weighted by Gasteiger charge is 2.21. The lowest BCUT2D eigenvalue weighted by molar-refractivity contribution is -0.113. The number of anilines is 1. The Labute approximate surface area is 193 Å². The molecule has 0 spiro atoms. The number of carbonyl (C=O) groups excluding carboxylic acids is 1. The van der Waals surface area contributed by atoms with Crippen molar-refractivity contribution in [1.29, 1.82) is 0 Å². The summed E-state index contributed by atoms with van der Waals surface area (Å²) in [6.45, 7) is 7.71. The van der Waals surface area contributed by atoms with Gasteiger partial charge in [0, 0.05) is 12.3 Å². The van der Waals surface area contributed by atoms with Gasteiger partial charge in [0.15, 0.2) is 10.9 Å². The summed E-state index contributed by atoms with van der Waals surface area (Å²) in [4.78, 5) is 17.4. The van der Waals surface area contributed by atoms with Crippen molar-refractivity contribution >= 4 is 23.4 Å². The van der Waals surface area contributed by atoms with E-state index in [-0.39, 0.29) is 17.8 Å². The lowest BCUT2D eigenvalue weighted by atomic mass is 10.2. The van der Waals surface area contributed by atoms with Gasteiger partial charge in [-0.2, -0.15) is 0 Å². The molecule has 7 heteroatoms. The van der Waals surface area contributed by atoms with Gasteiger partial charge in [0.1, 0.15) is 5.75 Å². The van der Waals surface area contributed by atoms with Crippen LogP contribution in [0.25, 0.3) is 0 Å². The quantitative estimate of drug-likeness (QED) is 0.458. The van der Waals surface area contributed by atoms with Crippen LogP contribution in [0.1, 0.15) is 29.8 Å². The second-order valence-electron chi connectivity index (χ2n) is 8.06. The summed E-state index contributed by atoms with van der Waals surface area (Å²) in [6, 6.07) is 15.3. The van der Waals surface area contributed by atoms with Crippen LogP contribution in [-0.2, 0) is 16.1 Å². The second kappa shape index (κ2) is 10.2. The molecule has 0 radical (unpaired) electrons. The molecule has 1 amide bonds.